The zero-order chi connectivity index (χ0) is 14.7. The van der Waals surface area contributed by atoms with Gasteiger partial charge in [0.05, 0.1) is 0 Å². The Balaban J connectivity index is 1.88. The smallest absolute Gasteiger partial charge is 0.218 e. The Labute approximate surface area is 126 Å². The maximum atomic E-state index is 6.28. The monoisotopic (exact) mass is 282 g/mol. The third-order valence-electron chi connectivity index (χ3n) is 4.27. The van der Waals surface area contributed by atoms with Gasteiger partial charge >= 0.3 is 0 Å². The van der Waals surface area contributed by atoms with Crippen molar-refractivity contribution in [1.82, 2.24) is 10.3 Å². The molecule has 0 spiro atoms. The molecule has 3 nitrogen and oxygen atoms in total. The molecule has 2 atom stereocenters. The van der Waals surface area contributed by atoms with E-state index in [-0.39, 0.29) is 12.1 Å². The molecule has 110 valence electrons. The second-order valence-corrected chi connectivity index (χ2v) is 5.61. The van der Waals surface area contributed by atoms with Crippen LogP contribution in [0, 0.1) is 0 Å². The van der Waals surface area contributed by atoms with Crippen molar-refractivity contribution in [3.05, 3.63) is 59.3 Å². The van der Waals surface area contributed by atoms with Gasteiger partial charge in [-0.1, -0.05) is 30.3 Å². The Morgan fingerprint density at radius 3 is 2.95 bits per heavy atom. The molecule has 0 amide bonds. The van der Waals surface area contributed by atoms with E-state index in [1.165, 1.54) is 17.5 Å². The normalized spacial score (nSPS) is 18.9. The highest BCUT2D eigenvalue weighted by Gasteiger charge is 2.23. The fourth-order valence-electron chi connectivity index (χ4n) is 2.95. The molecule has 0 bridgehead atoms. The zero-order valence-electron chi connectivity index (χ0n) is 12.7. The summed E-state index contributed by atoms with van der Waals surface area (Å²) in [5.74, 6) is 0.751. The van der Waals surface area contributed by atoms with Crippen LogP contribution in [0.1, 0.15) is 48.6 Å². The molecule has 1 aliphatic carbocycles. The number of hydrogen-bond donors (Lipinski definition) is 1. The largest absolute Gasteiger partial charge is 0.469 e. The van der Waals surface area contributed by atoms with Gasteiger partial charge in [-0.15, -0.1) is 0 Å². The van der Waals surface area contributed by atoms with Crippen LogP contribution in [0.2, 0.25) is 0 Å². The molecule has 0 aliphatic heterocycles. The zero-order valence-corrected chi connectivity index (χ0v) is 12.7. The summed E-state index contributed by atoms with van der Waals surface area (Å²) in [5, 5.41) is 3.26. The number of hydrogen-bond acceptors (Lipinski definition) is 3. The molecule has 1 aromatic heterocycles. The molecule has 2 unspecified atom stereocenters. The Hall–Kier alpha value is -1.87. The van der Waals surface area contributed by atoms with Gasteiger partial charge < -0.3 is 10.1 Å². The quantitative estimate of drug-likeness (QED) is 0.925. The number of nitrogens with one attached hydrogen (secondary N) is 1. The number of nitrogens with zero attached hydrogens (tertiary/aromatic N) is 1. The second-order valence-electron chi connectivity index (χ2n) is 5.61. The van der Waals surface area contributed by atoms with E-state index < -0.39 is 0 Å². The highest BCUT2D eigenvalue weighted by molar-refractivity contribution is 5.34. The van der Waals surface area contributed by atoms with Crippen LogP contribution in [-0.4, -0.2) is 12.0 Å². The molecular formula is C18H22N2O. The number of pyridine rings is 1. The van der Waals surface area contributed by atoms with Gasteiger partial charge in [-0.25, -0.2) is 4.98 Å². The number of fused-ring (bicyclic) bond motifs is 1. The Morgan fingerprint density at radius 1 is 1.24 bits per heavy atom. The number of rotatable bonds is 4. The Morgan fingerprint density at radius 2 is 2.10 bits per heavy atom. The highest BCUT2D eigenvalue weighted by atomic mass is 16.5. The number of aryl methyl sites for hydroxylation is 1. The lowest BCUT2D eigenvalue weighted by atomic mass is 9.89. The van der Waals surface area contributed by atoms with Crippen LogP contribution >= 0.6 is 0 Å². The molecule has 1 N–H and O–H groups in total. The van der Waals surface area contributed by atoms with Gasteiger partial charge in [-0.05, 0) is 50.4 Å². The lowest BCUT2D eigenvalue weighted by Gasteiger charge is -2.27. The summed E-state index contributed by atoms with van der Waals surface area (Å²) in [4.78, 5) is 4.45. The molecule has 0 saturated heterocycles. The van der Waals surface area contributed by atoms with Crippen LogP contribution in [0.25, 0.3) is 0 Å². The highest BCUT2D eigenvalue weighted by Crippen LogP contribution is 2.34. The van der Waals surface area contributed by atoms with Crippen LogP contribution in [0.5, 0.6) is 5.88 Å². The SMILES string of the molecule is CNC(C)c1cccnc1OC1CCCc2ccccc21. The van der Waals surface area contributed by atoms with Gasteiger partial charge in [0.2, 0.25) is 5.88 Å². The van der Waals surface area contributed by atoms with Crippen LogP contribution in [0.15, 0.2) is 42.6 Å². The first kappa shape index (κ1) is 14.1. The third-order valence-corrected chi connectivity index (χ3v) is 4.27. The molecule has 1 aliphatic rings. The van der Waals surface area contributed by atoms with Gasteiger partial charge in [0.25, 0.3) is 0 Å². The Kier molecular flexibility index (Phi) is 4.20. The average Bonchev–Trinajstić information content (AvgIpc) is 2.55. The summed E-state index contributed by atoms with van der Waals surface area (Å²) < 4.78 is 6.28. The minimum Gasteiger partial charge on any atom is -0.469 e. The fraction of sp³-hybridized carbons (Fsp3) is 0.389. The predicted molar refractivity (Wildman–Crippen MR) is 84.5 cm³/mol. The van der Waals surface area contributed by atoms with Crippen LogP contribution in [0.4, 0.5) is 0 Å². The summed E-state index contributed by atoms with van der Waals surface area (Å²) in [5.41, 5.74) is 3.84. The minimum absolute atomic E-state index is 0.118. The first-order valence-corrected chi connectivity index (χ1v) is 7.66. The van der Waals surface area contributed by atoms with E-state index in [1.807, 2.05) is 13.1 Å². The van der Waals surface area contributed by atoms with E-state index >= 15 is 0 Å². The van der Waals surface area contributed by atoms with Crippen molar-refractivity contribution in [3.63, 3.8) is 0 Å². The molecule has 2 aromatic rings. The maximum Gasteiger partial charge on any atom is 0.218 e. The summed E-state index contributed by atoms with van der Waals surface area (Å²) in [6, 6.07) is 12.9. The maximum absolute atomic E-state index is 6.28. The van der Waals surface area contributed by atoms with E-state index in [0.717, 1.165) is 24.3 Å². The van der Waals surface area contributed by atoms with Crippen molar-refractivity contribution in [2.24, 2.45) is 0 Å². The fourth-order valence-corrected chi connectivity index (χ4v) is 2.95. The molecule has 3 heteroatoms. The predicted octanol–water partition coefficient (Wildman–Crippen LogP) is 3.82. The summed E-state index contributed by atoms with van der Waals surface area (Å²) in [6.45, 7) is 2.12. The van der Waals surface area contributed by atoms with Crippen molar-refractivity contribution >= 4 is 0 Å². The van der Waals surface area contributed by atoms with Crippen molar-refractivity contribution in [2.75, 3.05) is 7.05 Å². The standard InChI is InChI=1S/C18H22N2O/c1-13(19-2)15-10-6-12-20-18(15)21-17-11-5-8-14-7-3-4-9-16(14)17/h3-4,6-7,9-10,12-13,17,19H,5,8,11H2,1-2H3. The minimum atomic E-state index is 0.118. The van der Waals surface area contributed by atoms with Gasteiger partial charge in [-0.3, -0.25) is 0 Å². The molecular weight excluding hydrogens is 260 g/mol. The molecule has 0 saturated carbocycles. The second kappa shape index (κ2) is 6.27. The van der Waals surface area contributed by atoms with Crippen LogP contribution in [0.3, 0.4) is 0 Å². The van der Waals surface area contributed by atoms with E-state index in [2.05, 4.69) is 47.6 Å². The lowest BCUT2D eigenvalue weighted by molar-refractivity contribution is 0.172. The third kappa shape index (κ3) is 2.93. The van der Waals surface area contributed by atoms with E-state index in [1.54, 1.807) is 6.20 Å². The Bertz CT molecular complexity index is 612. The first-order chi connectivity index (χ1) is 10.3. The molecule has 1 aromatic carbocycles. The van der Waals surface area contributed by atoms with Gasteiger partial charge in [0, 0.05) is 17.8 Å². The lowest BCUT2D eigenvalue weighted by Crippen LogP contribution is -2.19. The number of ether oxygens (including phenoxy) is 1. The van der Waals surface area contributed by atoms with Crippen LogP contribution in [-0.2, 0) is 6.42 Å². The first-order valence-electron chi connectivity index (χ1n) is 7.66. The summed E-state index contributed by atoms with van der Waals surface area (Å²) in [7, 11) is 1.96. The molecule has 0 radical (unpaired) electrons. The van der Waals surface area contributed by atoms with Gasteiger partial charge in [0.1, 0.15) is 6.10 Å². The van der Waals surface area contributed by atoms with E-state index in [9.17, 15) is 0 Å². The molecule has 21 heavy (non-hydrogen) atoms. The number of aromatic nitrogens is 1. The van der Waals surface area contributed by atoms with Crippen molar-refractivity contribution in [3.8, 4) is 5.88 Å². The van der Waals surface area contributed by atoms with E-state index in [0.29, 0.717) is 0 Å². The number of benzene rings is 1. The average molecular weight is 282 g/mol. The van der Waals surface area contributed by atoms with Gasteiger partial charge in [0.15, 0.2) is 0 Å². The van der Waals surface area contributed by atoms with Crippen LogP contribution < -0.4 is 10.1 Å². The van der Waals surface area contributed by atoms with Gasteiger partial charge in [-0.2, -0.15) is 0 Å². The molecule has 3 rings (SSSR count). The summed E-state index contributed by atoms with van der Waals surface area (Å²) >= 11 is 0. The molecule has 0 fully saturated rings. The topological polar surface area (TPSA) is 34.2 Å². The van der Waals surface area contributed by atoms with E-state index in [4.69, 9.17) is 4.74 Å². The van der Waals surface area contributed by atoms with Crippen molar-refractivity contribution in [2.45, 2.75) is 38.3 Å². The van der Waals surface area contributed by atoms with Crippen molar-refractivity contribution < 1.29 is 4.74 Å². The molecule has 1 heterocycles. The summed E-state index contributed by atoms with van der Waals surface area (Å²) in [6.07, 6.45) is 5.30. The van der Waals surface area contributed by atoms with Crippen molar-refractivity contribution in [1.29, 1.82) is 0 Å².